The van der Waals surface area contributed by atoms with Crippen molar-refractivity contribution < 1.29 is 28.0 Å². The number of benzene rings is 2. The number of fused-ring (bicyclic) bond motifs is 1. The summed E-state index contributed by atoms with van der Waals surface area (Å²) in [6.07, 6.45) is -2.98. The molecule has 1 aliphatic heterocycles. The summed E-state index contributed by atoms with van der Waals surface area (Å²) in [7, 11) is 0. The van der Waals surface area contributed by atoms with E-state index in [1.54, 1.807) is 36.4 Å². The average Bonchev–Trinajstić information content (AvgIpc) is 3.57. The van der Waals surface area contributed by atoms with Crippen molar-refractivity contribution in [1.29, 1.82) is 0 Å². The van der Waals surface area contributed by atoms with Crippen LogP contribution in [0.25, 0.3) is 10.9 Å². The van der Waals surface area contributed by atoms with Crippen LogP contribution in [-0.4, -0.2) is 51.1 Å². The van der Waals surface area contributed by atoms with Gasteiger partial charge in [-0.1, -0.05) is 36.4 Å². The van der Waals surface area contributed by atoms with Gasteiger partial charge >= 0.3 is 6.18 Å². The molecule has 1 aliphatic rings. The molecule has 4 aromatic rings. The van der Waals surface area contributed by atoms with E-state index in [2.05, 4.69) is 0 Å². The summed E-state index contributed by atoms with van der Waals surface area (Å²) in [6, 6.07) is 16.2. The number of hydrogen-bond donors (Lipinski definition) is 1. The van der Waals surface area contributed by atoms with Gasteiger partial charge < -0.3 is 9.67 Å². The molecule has 2 aromatic carbocycles. The molecule has 2 aromatic heterocycles. The number of hydrogen-bond acceptors (Lipinski definition) is 6. The molecule has 1 N–H and O–H groups in total. The number of nitrogens with zero attached hydrogens (tertiary/aromatic N) is 3. The Labute approximate surface area is 226 Å². The van der Waals surface area contributed by atoms with Crippen LogP contribution in [0.4, 0.5) is 18.9 Å². The number of nitro benzene ring substituents is 1. The maximum absolute atomic E-state index is 14.7. The lowest BCUT2D eigenvalue weighted by Gasteiger charge is -2.38. The molecule has 1 saturated heterocycles. The lowest BCUT2D eigenvalue weighted by molar-refractivity contribution is -0.384. The van der Waals surface area contributed by atoms with E-state index in [9.17, 15) is 33.2 Å². The minimum Gasteiger partial charge on any atom is -0.375 e. The first-order valence-electron chi connectivity index (χ1n) is 12.5. The third-order valence-corrected chi connectivity index (χ3v) is 8.25. The van der Waals surface area contributed by atoms with Crippen molar-refractivity contribution in [3.63, 3.8) is 0 Å². The number of rotatable bonds is 8. The van der Waals surface area contributed by atoms with Gasteiger partial charge in [-0.3, -0.25) is 19.8 Å². The first-order valence-corrected chi connectivity index (χ1v) is 13.4. The lowest BCUT2D eigenvalue weighted by Crippen LogP contribution is -2.52. The molecule has 1 unspecified atom stereocenters. The number of piperidine rings is 1. The molecule has 0 spiro atoms. The van der Waals surface area contributed by atoms with E-state index >= 15 is 0 Å². The fraction of sp³-hybridized carbons (Fsp3) is 0.321. The highest BCUT2D eigenvalue weighted by Gasteiger charge is 2.57. The summed E-state index contributed by atoms with van der Waals surface area (Å²) < 4.78 is 45.5. The predicted octanol–water partition coefficient (Wildman–Crippen LogP) is 6.00. The van der Waals surface area contributed by atoms with Crippen LogP contribution in [0.2, 0.25) is 0 Å². The van der Waals surface area contributed by atoms with Crippen molar-refractivity contribution in [2.45, 2.75) is 31.2 Å². The van der Waals surface area contributed by atoms with Crippen LogP contribution in [-0.2, 0) is 12.1 Å². The molecule has 7 nitrogen and oxygen atoms in total. The number of alkyl halides is 3. The summed E-state index contributed by atoms with van der Waals surface area (Å²) in [5.41, 5.74) is -2.82. The number of ketones is 1. The monoisotopic (exact) mass is 557 g/mol. The molecule has 11 heteroatoms. The van der Waals surface area contributed by atoms with Gasteiger partial charge in [0.1, 0.15) is 0 Å². The molecular formula is C28H26F3N3O4S. The van der Waals surface area contributed by atoms with Crippen molar-refractivity contribution in [2.75, 3.05) is 19.6 Å². The normalized spacial score (nSPS) is 16.8. The highest BCUT2D eigenvalue weighted by Crippen LogP contribution is 2.44. The van der Waals surface area contributed by atoms with Gasteiger partial charge in [0.05, 0.1) is 15.3 Å². The molecule has 0 bridgehead atoms. The van der Waals surface area contributed by atoms with Crippen molar-refractivity contribution in [3.05, 3.63) is 98.4 Å². The summed E-state index contributed by atoms with van der Waals surface area (Å²) in [6.45, 7) is -0.0802. The van der Waals surface area contributed by atoms with Gasteiger partial charge in [0.25, 0.3) is 5.69 Å². The zero-order valence-corrected chi connectivity index (χ0v) is 21.6. The number of Topliss-reactive ketones (excluding diaryl/α,β-unsaturated/α-hetero) is 1. The van der Waals surface area contributed by atoms with Crippen LogP contribution in [0, 0.1) is 16.0 Å². The van der Waals surface area contributed by atoms with Gasteiger partial charge in [-0.05, 0) is 49.0 Å². The number of aromatic nitrogens is 1. The van der Waals surface area contributed by atoms with Crippen LogP contribution in [0.15, 0.2) is 72.2 Å². The van der Waals surface area contributed by atoms with Gasteiger partial charge in [-0.25, -0.2) is 0 Å². The molecule has 0 radical (unpaired) electrons. The number of β-amino-alcohol motifs (C(OH)–C–C–N with tert-alkyl or cyclic N) is 1. The lowest BCUT2D eigenvalue weighted by atomic mass is 9.88. The SMILES string of the molecule is O=C(c1cccs1)C1CCN(CC(O)(c2cn(Cc3ccccc3)c3cc([N+](=O)[O-])ccc23)C(F)(F)F)CC1. The van der Waals surface area contributed by atoms with E-state index in [0.29, 0.717) is 17.7 Å². The third-order valence-electron chi connectivity index (χ3n) is 7.36. The molecule has 204 valence electrons. The van der Waals surface area contributed by atoms with E-state index in [-0.39, 0.29) is 53.5 Å². The fourth-order valence-corrected chi connectivity index (χ4v) is 6.00. The number of non-ortho nitro benzene ring substituents is 1. The van der Waals surface area contributed by atoms with Crippen molar-refractivity contribution in [3.8, 4) is 0 Å². The van der Waals surface area contributed by atoms with Gasteiger partial charge in [-0.2, -0.15) is 13.2 Å². The van der Waals surface area contributed by atoms with Crippen molar-refractivity contribution in [2.24, 2.45) is 5.92 Å². The van der Waals surface area contributed by atoms with Gasteiger partial charge in [0.2, 0.25) is 5.60 Å². The Hall–Kier alpha value is -3.54. The van der Waals surface area contributed by atoms with Crippen molar-refractivity contribution in [1.82, 2.24) is 9.47 Å². The Balaban J connectivity index is 1.47. The summed E-state index contributed by atoms with van der Waals surface area (Å²) in [4.78, 5) is 25.7. The number of thiophene rings is 1. The Bertz CT molecular complexity index is 1480. The molecule has 0 aliphatic carbocycles. The van der Waals surface area contributed by atoms with Crippen LogP contribution in [0.5, 0.6) is 0 Å². The molecule has 0 amide bonds. The second-order valence-corrected chi connectivity index (χ2v) is 10.8. The van der Waals surface area contributed by atoms with E-state index in [1.165, 1.54) is 39.1 Å². The van der Waals surface area contributed by atoms with E-state index in [4.69, 9.17) is 0 Å². The molecular weight excluding hydrogens is 531 g/mol. The van der Waals surface area contributed by atoms with Crippen LogP contribution >= 0.6 is 11.3 Å². The molecule has 5 rings (SSSR count). The quantitative estimate of drug-likeness (QED) is 0.163. The van der Waals surface area contributed by atoms with E-state index < -0.39 is 23.2 Å². The minimum absolute atomic E-state index is 0.00121. The van der Waals surface area contributed by atoms with Crippen molar-refractivity contribution >= 4 is 33.7 Å². The Morgan fingerprint density at radius 3 is 2.41 bits per heavy atom. The second-order valence-electron chi connectivity index (χ2n) is 9.86. The first-order chi connectivity index (χ1) is 18.6. The number of likely N-dealkylation sites (tertiary alicyclic amines) is 1. The van der Waals surface area contributed by atoms with Crippen LogP contribution in [0.1, 0.15) is 33.6 Å². The maximum atomic E-state index is 14.7. The smallest absolute Gasteiger partial charge is 0.375 e. The number of halogens is 3. The highest BCUT2D eigenvalue weighted by atomic mass is 32.1. The maximum Gasteiger partial charge on any atom is 0.422 e. The molecule has 1 fully saturated rings. The molecule has 39 heavy (non-hydrogen) atoms. The second kappa shape index (κ2) is 10.6. The van der Waals surface area contributed by atoms with Crippen LogP contribution < -0.4 is 0 Å². The van der Waals surface area contributed by atoms with E-state index in [1.807, 2.05) is 11.4 Å². The van der Waals surface area contributed by atoms with Gasteiger partial charge in [-0.15, -0.1) is 11.3 Å². The van der Waals surface area contributed by atoms with Gasteiger partial charge in [0.15, 0.2) is 5.78 Å². The van der Waals surface area contributed by atoms with Gasteiger partial charge in [0, 0.05) is 48.3 Å². The first kappa shape index (κ1) is 27.0. The Morgan fingerprint density at radius 1 is 1.08 bits per heavy atom. The number of carbonyl (C=O) groups is 1. The number of carbonyl (C=O) groups excluding carboxylic acids is 1. The zero-order valence-electron chi connectivity index (χ0n) is 20.8. The summed E-state index contributed by atoms with van der Waals surface area (Å²) in [5, 5.41) is 24.7. The average molecular weight is 558 g/mol. The Kier molecular flexibility index (Phi) is 7.32. The minimum atomic E-state index is -5.02. The predicted molar refractivity (Wildman–Crippen MR) is 142 cm³/mol. The molecule has 0 saturated carbocycles. The topological polar surface area (TPSA) is 88.6 Å². The van der Waals surface area contributed by atoms with Crippen LogP contribution in [0.3, 0.4) is 0 Å². The Morgan fingerprint density at radius 2 is 1.79 bits per heavy atom. The highest BCUT2D eigenvalue weighted by molar-refractivity contribution is 7.12. The van der Waals surface area contributed by atoms with E-state index in [0.717, 1.165) is 11.6 Å². The molecule has 3 heterocycles. The number of nitro groups is 1. The summed E-state index contributed by atoms with van der Waals surface area (Å²) in [5.74, 6) is -0.270. The third kappa shape index (κ3) is 5.34. The standard InChI is InChI=1S/C28H26F3N3O4S/c29-28(30,31)27(36,18-32-12-10-20(11-13-32)26(35)25-7-4-14-39-25)23-17-33(16-19-5-2-1-3-6-19)24-15-21(34(37)38)8-9-22(23)24/h1-9,14-15,17,20,36H,10-13,16,18H2. The summed E-state index contributed by atoms with van der Waals surface area (Å²) >= 11 is 1.35. The fourth-order valence-electron chi connectivity index (χ4n) is 5.26. The molecule has 1 atom stereocenters. The largest absolute Gasteiger partial charge is 0.422 e. The zero-order chi connectivity index (χ0) is 27.8. The number of aliphatic hydroxyl groups is 1.